The summed E-state index contributed by atoms with van der Waals surface area (Å²) in [6.07, 6.45) is 1.55. The minimum atomic E-state index is 0.110. The van der Waals surface area contributed by atoms with Crippen molar-refractivity contribution in [3.8, 4) is 0 Å². The minimum absolute atomic E-state index is 0.110. The van der Waals surface area contributed by atoms with Crippen molar-refractivity contribution in [3.05, 3.63) is 59.2 Å². The molecule has 136 valence electrons. The molecule has 26 heavy (non-hydrogen) atoms. The minimum Gasteiger partial charge on any atom is -0.356 e. The van der Waals surface area contributed by atoms with Gasteiger partial charge in [-0.3, -0.25) is 4.79 Å². The first-order valence-electron chi connectivity index (χ1n) is 8.99. The fourth-order valence-electron chi connectivity index (χ4n) is 3.43. The highest BCUT2D eigenvalue weighted by Crippen LogP contribution is 2.24. The molecule has 0 aromatic heterocycles. The Labute approximate surface area is 160 Å². The van der Waals surface area contributed by atoms with E-state index in [1.54, 1.807) is 0 Å². The Morgan fingerprint density at radius 1 is 1.19 bits per heavy atom. The largest absolute Gasteiger partial charge is 0.356 e. The first-order valence-corrected chi connectivity index (χ1v) is 9.40. The smallest absolute Gasteiger partial charge is 0.227 e. The molecule has 2 aromatic carbocycles. The van der Waals surface area contributed by atoms with Crippen molar-refractivity contribution >= 4 is 34.6 Å². The summed E-state index contributed by atoms with van der Waals surface area (Å²) in [6.45, 7) is 7.10. The Bertz CT molecular complexity index is 834. The molecule has 2 aromatic rings. The second kappa shape index (κ2) is 7.87. The highest BCUT2D eigenvalue weighted by molar-refractivity contribution is 7.80. The quantitative estimate of drug-likeness (QED) is 0.782. The second-order valence-corrected chi connectivity index (χ2v) is 7.29. The van der Waals surface area contributed by atoms with Gasteiger partial charge >= 0.3 is 0 Å². The van der Waals surface area contributed by atoms with E-state index >= 15 is 0 Å². The lowest BCUT2D eigenvalue weighted by Crippen LogP contribution is -2.31. The van der Waals surface area contributed by atoms with E-state index in [2.05, 4.69) is 49.6 Å². The lowest BCUT2D eigenvalue weighted by Gasteiger charge is -2.20. The number of aryl methyl sites for hydroxylation is 2. The maximum absolute atomic E-state index is 11.9. The van der Waals surface area contributed by atoms with E-state index in [-0.39, 0.29) is 11.9 Å². The summed E-state index contributed by atoms with van der Waals surface area (Å²) in [4.78, 5) is 13.8. The standard InChI is InChI=1S/C21H25N3OS/c1-14-9-10-19(15(2)12-14)16(3)22-21(26)23-17-6-4-7-18(13-17)24-11-5-8-20(24)25/h4,6-7,9-10,12-13,16H,5,8,11H2,1-3H3,(H2,22,23,26). The molecular formula is C21H25N3OS. The molecule has 5 heteroatoms. The van der Waals surface area contributed by atoms with Gasteiger partial charge in [0, 0.05) is 24.3 Å². The number of carbonyl (C=O) groups excluding carboxylic acids is 1. The fourth-order valence-corrected chi connectivity index (χ4v) is 3.72. The third-order valence-corrected chi connectivity index (χ3v) is 4.95. The van der Waals surface area contributed by atoms with Gasteiger partial charge in [-0.05, 0) is 68.7 Å². The Morgan fingerprint density at radius 3 is 2.69 bits per heavy atom. The number of amides is 1. The van der Waals surface area contributed by atoms with Crippen molar-refractivity contribution in [1.29, 1.82) is 0 Å². The maximum Gasteiger partial charge on any atom is 0.227 e. The molecular weight excluding hydrogens is 342 g/mol. The van der Waals surface area contributed by atoms with E-state index in [9.17, 15) is 4.79 Å². The summed E-state index contributed by atoms with van der Waals surface area (Å²) in [6, 6.07) is 14.4. The van der Waals surface area contributed by atoms with Crippen LogP contribution in [-0.2, 0) is 4.79 Å². The molecule has 1 fully saturated rings. The van der Waals surface area contributed by atoms with E-state index in [0.717, 1.165) is 24.3 Å². The summed E-state index contributed by atoms with van der Waals surface area (Å²) < 4.78 is 0. The van der Waals surface area contributed by atoms with E-state index in [1.165, 1.54) is 16.7 Å². The Kier molecular flexibility index (Phi) is 5.57. The molecule has 1 unspecified atom stereocenters. The van der Waals surface area contributed by atoms with Crippen LogP contribution in [0.1, 0.15) is 42.5 Å². The van der Waals surface area contributed by atoms with Gasteiger partial charge < -0.3 is 15.5 Å². The number of hydrogen-bond donors (Lipinski definition) is 2. The summed E-state index contributed by atoms with van der Waals surface area (Å²) in [5.74, 6) is 0.186. The first-order chi connectivity index (χ1) is 12.4. The summed E-state index contributed by atoms with van der Waals surface area (Å²) in [5, 5.41) is 7.15. The predicted molar refractivity (Wildman–Crippen MR) is 112 cm³/mol. The van der Waals surface area contributed by atoms with Crippen LogP contribution in [0.3, 0.4) is 0 Å². The van der Waals surface area contributed by atoms with Crippen molar-refractivity contribution in [2.45, 2.75) is 39.7 Å². The zero-order valence-corrected chi connectivity index (χ0v) is 16.3. The summed E-state index contributed by atoms with van der Waals surface area (Å²) in [5.41, 5.74) is 5.54. The molecule has 2 N–H and O–H groups in total. The van der Waals surface area contributed by atoms with Gasteiger partial charge in [-0.15, -0.1) is 0 Å². The number of thiocarbonyl (C=S) groups is 1. The SMILES string of the molecule is Cc1ccc(C(C)NC(=S)Nc2cccc(N3CCCC3=O)c2)c(C)c1. The number of rotatable bonds is 4. The van der Waals surface area contributed by atoms with Crippen LogP contribution >= 0.6 is 12.2 Å². The molecule has 4 nitrogen and oxygen atoms in total. The molecule has 0 spiro atoms. The molecule has 0 radical (unpaired) electrons. The van der Waals surface area contributed by atoms with Crippen LogP contribution in [0.2, 0.25) is 0 Å². The van der Waals surface area contributed by atoms with Crippen molar-refractivity contribution in [2.75, 3.05) is 16.8 Å². The molecule has 1 heterocycles. The van der Waals surface area contributed by atoms with Crippen molar-refractivity contribution in [2.24, 2.45) is 0 Å². The molecule has 0 aliphatic carbocycles. The summed E-state index contributed by atoms with van der Waals surface area (Å²) in [7, 11) is 0. The second-order valence-electron chi connectivity index (χ2n) is 6.88. The van der Waals surface area contributed by atoms with Gasteiger partial charge in [-0.2, -0.15) is 0 Å². The van der Waals surface area contributed by atoms with Crippen LogP contribution in [0.25, 0.3) is 0 Å². The van der Waals surface area contributed by atoms with Crippen molar-refractivity contribution < 1.29 is 4.79 Å². The molecule has 1 amide bonds. The van der Waals surface area contributed by atoms with Crippen LogP contribution < -0.4 is 15.5 Å². The Hall–Kier alpha value is -2.40. The molecule has 0 saturated carbocycles. The average molecular weight is 368 g/mol. The Balaban J connectivity index is 1.65. The number of nitrogens with zero attached hydrogens (tertiary/aromatic N) is 1. The number of anilines is 2. The molecule has 1 saturated heterocycles. The number of nitrogens with one attached hydrogen (secondary N) is 2. The van der Waals surface area contributed by atoms with Crippen LogP contribution in [0.4, 0.5) is 11.4 Å². The summed E-state index contributed by atoms with van der Waals surface area (Å²) >= 11 is 5.48. The normalized spacial score (nSPS) is 15.0. The predicted octanol–water partition coefficient (Wildman–Crippen LogP) is 4.48. The van der Waals surface area contributed by atoms with Crippen molar-refractivity contribution in [1.82, 2.24) is 5.32 Å². The van der Waals surface area contributed by atoms with Gasteiger partial charge in [-0.25, -0.2) is 0 Å². The highest BCUT2D eigenvalue weighted by Gasteiger charge is 2.21. The van der Waals surface area contributed by atoms with Crippen LogP contribution in [0.15, 0.2) is 42.5 Å². The Morgan fingerprint density at radius 2 is 2.00 bits per heavy atom. The van der Waals surface area contributed by atoms with E-state index in [1.807, 2.05) is 29.2 Å². The van der Waals surface area contributed by atoms with E-state index in [4.69, 9.17) is 12.2 Å². The third kappa shape index (κ3) is 4.22. The van der Waals surface area contributed by atoms with Crippen LogP contribution in [-0.4, -0.2) is 17.6 Å². The van der Waals surface area contributed by atoms with Crippen molar-refractivity contribution in [3.63, 3.8) is 0 Å². The molecule has 3 rings (SSSR count). The molecule has 1 atom stereocenters. The zero-order valence-electron chi connectivity index (χ0n) is 15.5. The van der Waals surface area contributed by atoms with Crippen LogP contribution in [0, 0.1) is 13.8 Å². The zero-order chi connectivity index (χ0) is 18.7. The lowest BCUT2D eigenvalue weighted by molar-refractivity contribution is -0.117. The van der Waals surface area contributed by atoms with E-state index in [0.29, 0.717) is 11.5 Å². The van der Waals surface area contributed by atoms with Gasteiger partial charge in [0.2, 0.25) is 5.91 Å². The third-order valence-electron chi connectivity index (χ3n) is 4.73. The van der Waals surface area contributed by atoms with Crippen LogP contribution in [0.5, 0.6) is 0 Å². The maximum atomic E-state index is 11.9. The van der Waals surface area contributed by atoms with Gasteiger partial charge in [0.15, 0.2) is 5.11 Å². The molecule has 1 aliphatic heterocycles. The number of benzene rings is 2. The first kappa shape index (κ1) is 18.4. The molecule has 0 bridgehead atoms. The number of hydrogen-bond acceptors (Lipinski definition) is 2. The lowest BCUT2D eigenvalue weighted by atomic mass is 10.0. The highest BCUT2D eigenvalue weighted by atomic mass is 32.1. The fraction of sp³-hybridized carbons (Fsp3) is 0.333. The van der Waals surface area contributed by atoms with Gasteiger partial charge in [0.05, 0.1) is 6.04 Å². The molecule has 1 aliphatic rings. The van der Waals surface area contributed by atoms with E-state index < -0.39 is 0 Å². The monoisotopic (exact) mass is 367 g/mol. The van der Waals surface area contributed by atoms with Gasteiger partial charge in [0.25, 0.3) is 0 Å². The van der Waals surface area contributed by atoms with Gasteiger partial charge in [-0.1, -0.05) is 29.8 Å². The number of carbonyl (C=O) groups is 1. The topological polar surface area (TPSA) is 44.4 Å². The average Bonchev–Trinajstić information content (AvgIpc) is 3.00. The van der Waals surface area contributed by atoms with Gasteiger partial charge in [0.1, 0.15) is 0 Å².